The van der Waals surface area contributed by atoms with E-state index in [9.17, 15) is 13.4 Å². The molecule has 0 saturated carbocycles. The summed E-state index contributed by atoms with van der Waals surface area (Å²) in [4.78, 5) is 14.9. The molecular formula is C23H18FNO3S. The molecule has 1 amide bonds. The van der Waals surface area contributed by atoms with Crippen molar-refractivity contribution < 1.29 is 17.9 Å². The molecule has 1 atom stereocenters. The third-order valence-electron chi connectivity index (χ3n) is 4.87. The van der Waals surface area contributed by atoms with Crippen molar-refractivity contribution in [1.82, 2.24) is 0 Å². The number of rotatable bonds is 5. The van der Waals surface area contributed by atoms with Gasteiger partial charge in [0, 0.05) is 5.69 Å². The van der Waals surface area contributed by atoms with Crippen molar-refractivity contribution in [2.75, 3.05) is 11.4 Å². The lowest BCUT2D eigenvalue weighted by Gasteiger charge is -2.17. The Hall–Kier alpha value is -3.09. The zero-order chi connectivity index (χ0) is 20.4. The molecule has 146 valence electrons. The first kappa shape index (κ1) is 19.2. The van der Waals surface area contributed by atoms with Gasteiger partial charge in [0.25, 0.3) is 5.91 Å². The molecule has 4 nitrogen and oxygen atoms in total. The van der Waals surface area contributed by atoms with E-state index in [0.29, 0.717) is 17.8 Å². The van der Waals surface area contributed by atoms with Crippen molar-refractivity contribution in [3.8, 4) is 0 Å². The third-order valence-corrected chi connectivity index (χ3v) is 5.45. The fourth-order valence-electron chi connectivity index (χ4n) is 3.49. The van der Waals surface area contributed by atoms with E-state index in [2.05, 4.69) is 0 Å². The summed E-state index contributed by atoms with van der Waals surface area (Å²) >= 11 is -1.91. The maximum absolute atomic E-state index is 13.3. The van der Waals surface area contributed by atoms with Crippen LogP contribution in [0.2, 0.25) is 0 Å². The number of carbonyl (C=O) groups is 1. The van der Waals surface area contributed by atoms with Gasteiger partial charge in [-0.15, -0.1) is 0 Å². The molecule has 0 radical (unpaired) electrons. The molecule has 1 unspecified atom stereocenters. The zero-order valence-electron chi connectivity index (χ0n) is 15.4. The molecule has 3 aromatic carbocycles. The number of carbonyl (C=O) groups excluding carboxylic acids is 1. The summed E-state index contributed by atoms with van der Waals surface area (Å²) in [6, 6.07) is 22.6. The number of anilines is 1. The Morgan fingerprint density at radius 2 is 1.55 bits per heavy atom. The second-order valence-electron chi connectivity index (χ2n) is 6.75. The van der Waals surface area contributed by atoms with Crippen LogP contribution in [0.25, 0.3) is 11.1 Å². The van der Waals surface area contributed by atoms with Crippen molar-refractivity contribution >= 4 is 33.8 Å². The molecule has 1 heterocycles. The number of hydrogen-bond acceptors (Lipinski definition) is 2. The molecular weight excluding hydrogens is 389 g/mol. The number of hydrogen-bond donors (Lipinski definition) is 1. The quantitative estimate of drug-likeness (QED) is 0.634. The van der Waals surface area contributed by atoms with Crippen LogP contribution >= 0.6 is 0 Å². The monoisotopic (exact) mass is 407 g/mol. The fraction of sp³-hybridized carbons (Fsp3) is 0.0870. The molecule has 0 aromatic heterocycles. The van der Waals surface area contributed by atoms with Crippen LogP contribution in [-0.4, -0.2) is 21.2 Å². The SMILES string of the molecule is O=C1C(c2ccccc2)=C(c2ccc(CS(=O)O)cc2)CN1c1ccc(F)cc1. The minimum Gasteiger partial charge on any atom is -0.306 e. The molecule has 0 fully saturated rings. The molecule has 1 aliphatic rings. The predicted molar refractivity (Wildman–Crippen MR) is 113 cm³/mol. The summed E-state index contributed by atoms with van der Waals surface area (Å²) in [5.74, 6) is -0.432. The molecule has 3 aromatic rings. The van der Waals surface area contributed by atoms with Gasteiger partial charge in [0.15, 0.2) is 11.1 Å². The summed E-state index contributed by atoms with van der Waals surface area (Å²) in [5, 5.41) is 0. The van der Waals surface area contributed by atoms with Crippen LogP contribution in [0.4, 0.5) is 10.1 Å². The number of halogens is 1. The van der Waals surface area contributed by atoms with E-state index < -0.39 is 11.1 Å². The summed E-state index contributed by atoms with van der Waals surface area (Å²) in [5.41, 5.74) is 4.53. The Morgan fingerprint density at radius 1 is 0.897 bits per heavy atom. The average Bonchev–Trinajstić information content (AvgIpc) is 3.06. The van der Waals surface area contributed by atoms with Crippen molar-refractivity contribution in [2.24, 2.45) is 0 Å². The smallest absolute Gasteiger partial charge is 0.259 e. The first-order valence-electron chi connectivity index (χ1n) is 9.05. The summed E-state index contributed by atoms with van der Waals surface area (Å²) in [7, 11) is 0. The Kier molecular flexibility index (Phi) is 5.38. The lowest BCUT2D eigenvalue weighted by molar-refractivity contribution is -0.112. The maximum atomic E-state index is 13.3. The van der Waals surface area contributed by atoms with Crippen LogP contribution in [-0.2, 0) is 21.6 Å². The van der Waals surface area contributed by atoms with Crippen molar-refractivity contribution in [1.29, 1.82) is 0 Å². The Bertz CT molecular complexity index is 1090. The zero-order valence-corrected chi connectivity index (χ0v) is 16.2. The lowest BCUT2D eigenvalue weighted by atomic mass is 9.96. The first-order valence-corrected chi connectivity index (χ1v) is 10.3. The van der Waals surface area contributed by atoms with E-state index in [1.165, 1.54) is 12.1 Å². The van der Waals surface area contributed by atoms with E-state index in [1.807, 2.05) is 42.5 Å². The highest BCUT2D eigenvalue weighted by Gasteiger charge is 2.32. The molecule has 4 rings (SSSR count). The van der Waals surface area contributed by atoms with Gasteiger partial charge < -0.3 is 9.45 Å². The van der Waals surface area contributed by atoms with Crippen LogP contribution in [0.15, 0.2) is 78.9 Å². The normalized spacial score (nSPS) is 15.1. The Labute approximate surface area is 170 Å². The van der Waals surface area contributed by atoms with Gasteiger partial charge in [-0.25, -0.2) is 8.60 Å². The Balaban J connectivity index is 1.76. The highest BCUT2D eigenvalue weighted by Crippen LogP contribution is 2.37. The second-order valence-corrected chi connectivity index (χ2v) is 7.68. The van der Waals surface area contributed by atoms with Crippen LogP contribution < -0.4 is 4.90 Å². The molecule has 6 heteroatoms. The molecule has 0 saturated heterocycles. The molecule has 0 bridgehead atoms. The van der Waals surface area contributed by atoms with Gasteiger partial charge >= 0.3 is 0 Å². The van der Waals surface area contributed by atoms with E-state index in [4.69, 9.17) is 4.55 Å². The van der Waals surface area contributed by atoms with Crippen LogP contribution in [0.1, 0.15) is 16.7 Å². The highest BCUT2D eigenvalue weighted by molar-refractivity contribution is 7.78. The van der Waals surface area contributed by atoms with E-state index in [1.54, 1.807) is 29.2 Å². The van der Waals surface area contributed by atoms with Crippen molar-refractivity contribution in [3.63, 3.8) is 0 Å². The largest absolute Gasteiger partial charge is 0.306 e. The van der Waals surface area contributed by atoms with Gasteiger partial charge in [-0.2, -0.15) is 0 Å². The predicted octanol–water partition coefficient (Wildman–Crippen LogP) is 4.51. The second kappa shape index (κ2) is 8.11. The van der Waals surface area contributed by atoms with Gasteiger partial charge in [-0.1, -0.05) is 54.6 Å². The molecule has 1 aliphatic heterocycles. The van der Waals surface area contributed by atoms with Gasteiger partial charge in [0.05, 0.1) is 17.9 Å². The van der Waals surface area contributed by atoms with Gasteiger partial charge in [0.1, 0.15) is 5.82 Å². The maximum Gasteiger partial charge on any atom is 0.259 e. The van der Waals surface area contributed by atoms with Crippen LogP contribution in [0.3, 0.4) is 0 Å². The number of amides is 1. The highest BCUT2D eigenvalue weighted by atomic mass is 32.2. The first-order chi connectivity index (χ1) is 14.0. The van der Waals surface area contributed by atoms with E-state index in [-0.39, 0.29) is 17.5 Å². The average molecular weight is 407 g/mol. The van der Waals surface area contributed by atoms with Crippen LogP contribution in [0.5, 0.6) is 0 Å². The summed E-state index contributed by atoms with van der Waals surface area (Å²) in [6.07, 6.45) is 0. The van der Waals surface area contributed by atoms with Gasteiger partial charge in [0.2, 0.25) is 0 Å². The van der Waals surface area contributed by atoms with Gasteiger partial charge in [-0.3, -0.25) is 4.79 Å². The minimum atomic E-state index is -1.91. The van der Waals surface area contributed by atoms with Gasteiger partial charge in [-0.05, 0) is 46.5 Å². The minimum absolute atomic E-state index is 0.0610. The molecule has 0 aliphatic carbocycles. The molecule has 1 N–H and O–H groups in total. The van der Waals surface area contributed by atoms with Crippen molar-refractivity contribution in [3.05, 3.63) is 101 Å². The van der Waals surface area contributed by atoms with Crippen LogP contribution in [0, 0.1) is 5.82 Å². The van der Waals surface area contributed by atoms with E-state index in [0.717, 1.165) is 22.3 Å². The number of benzene rings is 3. The molecule has 29 heavy (non-hydrogen) atoms. The summed E-state index contributed by atoms with van der Waals surface area (Å²) in [6.45, 7) is 0.361. The lowest BCUT2D eigenvalue weighted by Crippen LogP contribution is -2.26. The molecule has 0 spiro atoms. The number of nitrogens with zero attached hydrogens (tertiary/aromatic N) is 1. The standard InChI is InChI=1S/C23H18FNO3S/c24-19-10-12-20(13-11-19)25-14-21(17-8-6-16(7-9-17)15-29(27)28)22(23(25)26)18-4-2-1-3-5-18/h1-13H,14-15H2,(H,27,28). The summed E-state index contributed by atoms with van der Waals surface area (Å²) < 4.78 is 33.4. The Morgan fingerprint density at radius 3 is 2.17 bits per heavy atom. The van der Waals surface area contributed by atoms with Crippen molar-refractivity contribution in [2.45, 2.75) is 5.75 Å². The topological polar surface area (TPSA) is 57.6 Å². The third kappa shape index (κ3) is 4.04. The van der Waals surface area contributed by atoms with E-state index >= 15 is 0 Å². The fourth-order valence-corrected chi connectivity index (χ4v) is 3.96.